The summed E-state index contributed by atoms with van der Waals surface area (Å²) in [5, 5.41) is 0. The predicted octanol–water partition coefficient (Wildman–Crippen LogP) is 1.65. The van der Waals surface area contributed by atoms with Crippen LogP contribution in [0.25, 0.3) is 0 Å². The number of anilines is 1. The second-order valence-electron chi connectivity index (χ2n) is 4.39. The van der Waals surface area contributed by atoms with Crippen molar-refractivity contribution >= 4 is 21.6 Å². The Morgan fingerprint density at radius 1 is 1.09 bits per heavy atom. The van der Waals surface area contributed by atoms with E-state index in [2.05, 4.69) is 0 Å². The molecule has 22 heavy (non-hydrogen) atoms. The van der Waals surface area contributed by atoms with E-state index in [0.717, 1.165) is 12.1 Å². The summed E-state index contributed by atoms with van der Waals surface area (Å²) in [4.78, 5) is 11.0. The van der Waals surface area contributed by atoms with Gasteiger partial charge in [-0.1, -0.05) is 18.2 Å². The van der Waals surface area contributed by atoms with Gasteiger partial charge >= 0.3 is 0 Å². The highest BCUT2D eigenvalue weighted by Crippen LogP contribution is 2.26. The Hall–Kier alpha value is -2.48. The first kappa shape index (κ1) is 15.9. The van der Waals surface area contributed by atoms with Gasteiger partial charge in [0.15, 0.2) is 0 Å². The highest BCUT2D eigenvalue weighted by atomic mass is 32.2. The Morgan fingerprint density at radius 3 is 2.27 bits per heavy atom. The lowest BCUT2D eigenvalue weighted by molar-refractivity contribution is -0.116. The lowest BCUT2D eigenvalue weighted by Crippen LogP contribution is -2.39. The molecule has 0 unspecified atom stereocenters. The van der Waals surface area contributed by atoms with Crippen molar-refractivity contribution in [2.24, 2.45) is 5.73 Å². The zero-order valence-electron chi connectivity index (χ0n) is 11.2. The van der Waals surface area contributed by atoms with Crippen LogP contribution in [0, 0.1) is 11.6 Å². The molecule has 0 aliphatic heterocycles. The second kappa shape index (κ2) is 6.10. The molecule has 0 fully saturated rings. The molecule has 5 nitrogen and oxygen atoms in total. The zero-order chi connectivity index (χ0) is 16.3. The number of nitrogens with zero attached hydrogens (tertiary/aromatic N) is 1. The van der Waals surface area contributed by atoms with E-state index < -0.39 is 39.8 Å². The van der Waals surface area contributed by atoms with Gasteiger partial charge in [0.1, 0.15) is 18.2 Å². The molecule has 2 aromatic carbocycles. The maximum absolute atomic E-state index is 13.9. The summed E-state index contributed by atoms with van der Waals surface area (Å²) >= 11 is 0. The van der Waals surface area contributed by atoms with Gasteiger partial charge in [-0.05, 0) is 24.3 Å². The Kier molecular flexibility index (Phi) is 4.41. The molecule has 8 heteroatoms. The van der Waals surface area contributed by atoms with E-state index in [-0.39, 0.29) is 4.90 Å². The summed E-state index contributed by atoms with van der Waals surface area (Å²) < 4.78 is 52.5. The molecular weight excluding hydrogens is 314 g/mol. The van der Waals surface area contributed by atoms with Gasteiger partial charge in [0, 0.05) is 6.07 Å². The monoisotopic (exact) mass is 326 g/mol. The number of halogens is 2. The number of carbonyl (C=O) groups is 1. The van der Waals surface area contributed by atoms with Crippen LogP contribution in [0.3, 0.4) is 0 Å². The van der Waals surface area contributed by atoms with Crippen molar-refractivity contribution in [2.75, 3.05) is 10.8 Å². The van der Waals surface area contributed by atoms with E-state index in [0.29, 0.717) is 10.4 Å². The van der Waals surface area contributed by atoms with Crippen LogP contribution in [-0.4, -0.2) is 20.9 Å². The van der Waals surface area contributed by atoms with E-state index in [9.17, 15) is 22.0 Å². The van der Waals surface area contributed by atoms with Gasteiger partial charge in [-0.15, -0.1) is 0 Å². The van der Waals surface area contributed by atoms with Crippen LogP contribution in [-0.2, 0) is 14.8 Å². The largest absolute Gasteiger partial charge is 0.368 e. The van der Waals surface area contributed by atoms with Crippen molar-refractivity contribution in [3.63, 3.8) is 0 Å². The van der Waals surface area contributed by atoms with Crippen molar-refractivity contribution in [2.45, 2.75) is 4.90 Å². The van der Waals surface area contributed by atoms with Gasteiger partial charge in [-0.25, -0.2) is 17.2 Å². The molecular formula is C14H12F2N2O3S. The highest BCUT2D eigenvalue weighted by Gasteiger charge is 2.28. The fourth-order valence-corrected chi connectivity index (χ4v) is 3.30. The first-order valence-corrected chi connectivity index (χ1v) is 7.57. The first-order chi connectivity index (χ1) is 10.3. The summed E-state index contributed by atoms with van der Waals surface area (Å²) in [6, 6.07) is 9.53. The maximum Gasteiger partial charge on any atom is 0.264 e. The SMILES string of the molecule is NC(=O)CN(c1ccc(F)cc1F)S(=O)(=O)c1ccccc1. The smallest absolute Gasteiger partial charge is 0.264 e. The van der Waals surface area contributed by atoms with Gasteiger partial charge in [0.25, 0.3) is 10.0 Å². The Labute approximate surface area is 126 Å². The first-order valence-electron chi connectivity index (χ1n) is 6.13. The van der Waals surface area contributed by atoms with Crippen LogP contribution in [0.4, 0.5) is 14.5 Å². The van der Waals surface area contributed by atoms with Crippen LogP contribution in [0.15, 0.2) is 53.4 Å². The molecule has 0 radical (unpaired) electrons. The molecule has 2 rings (SSSR count). The number of sulfonamides is 1. The zero-order valence-corrected chi connectivity index (χ0v) is 12.1. The van der Waals surface area contributed by atoms with Crippen molar-refractivity contribution in [3.05, 3.63) is 60.2 Å². The van der Waals surface area contributed by atoms with Crippen molar-refractivity contribution in [1.29, 1.82) is 0 Å². The molecule has 0 aliphatic carbocycles. The Balaban J connectivity index is 2.58. The second-order valence-corrected chi connectivity index (χ2v) is 6.25. The Bertz CT molecular complexity index is 795. The quantitative estimate of drug-likeness (QED) is 0.907. The number of primary amides is 1. The molecule has 0 aliphatic rings. The number of hydrogen-bond donors (Lipinski definition) is 1. The van der Waals surface area contributed by atoms with Gasteiger partial charge in [0.05, 0.1) is 10.6 Å². The molecule has 0 spiro atoms. The van der Waals surface area contributed by atoms with Gasteiger partial charge in [0.2, 0.25) is 5.91 Å². The molecule has 1 amide bonds. The van der Waals surface area contributed by atoms with Gasteiger partial charge < -0.3 is 5.73 Å². The predicted molar refractivity (Wildman–Crippen MR) is 76.5 cm³/mol. The average molecular weight is 326 g/mol. The summed E-state index contributed by atoms with van der Waals surface area (Å²) in [5.74, 6) is -2.94. The fourth-order valence-electron chi connectivity index (χ4n) is 1.84. The van der Waals surface area contributed by atoms with Gasteiger partial charge in [-0.2, -0.15) is 0 Å². The standard InChI is InChI=1S/C14H12F2N2O3S/c15-10-6-7-13(12(16)8-10)18(9-14(17)19)22(20,21)11-4-2-1-3-5-11/h1-8H,9H2,(H2,17,19). The van der Waals surface area contributed by atoms with E-state index in [1.165, 1.54) is 24.3 Å². The molecule has 0 heterocycles. The molecule has 0 saturated carbocycles. The summed E-state index contributed by atoms with van der Waals surface area (Å²) in [7, 11) is -4.21. The molecule has 2 aromatic rings. The van der Waals surface area contributed by atoms with Crippen LogP contribution in [0.1, 0.15) is 0 Å². The maximum atomic E-state index is 13.9. The van der Waals surface area contributed by atoms with E-state index >= 15 is 0 Å². The highest BCUT2D eigenvalue weighted by molar-refractivity contribution is 7.92. The fraction of sp³-hybridized carbons (Fsp3) is 0.0714. The van der Waals surface area contributed by atoms with E-state index in [4.69, 9.17) is 5.73 Å². The lowest BCUT2D eigenvalue weighted by Gasteiger charge is -2.23. The molecule has 0 saturated heterocycles. The number of nitrogens with two attached hydrogens (primary N) is 1. The number of hydrogen-bond acceptors (Lipinski definition) is 3. The normalized spacial score (nSPS) is 11.2. The van der Waals surface area contributed by atoms with E-state index in [1.54, 1.807) is 6.07 Å². The summed E-state index contributed by atoms with van der Waals surface area (Å²) in [5.41, 5.74) is 4.59. The average Bonchev–Trinajstić information content (AvgIpc) is 2.46. The summed E-state index contributed by atoms with van der Waals surface area (Å²) in [6.45, 7) is -0.764. The molecule has 0 bridgehead atoms. The van der Waals surface area contributed by atoms with Crippen LogP contribution in [0.2, 0.25) is 0 Å². The number of amides is 1. The topological polar surface area (TPSA) is 80.5 Å². The van der Waals surface area contributed by atoms with Crippen LogP contribution < -0.4 is 10.0 Å². The third-order valence-electron chi connectivity index (χ3n) is 2.81. The number of benzene rings is 2. The van der Waals surface area contributed by atoms with Gasteiger partial charge in [-0.3, -0.25) is 9.10 Å². The number of carbonyl (C=O) groups excluding carboxylic acids is 1. The van der Waals surface area contributed by atoms with Crippen molar-refractivity contribution in [3.8, 4) is 0 Å². The number of rotatable bonds is 5. The minimum absolute atomic E-state index is 0.139. The summed E-state index contributed by atoms with van der Waals surface area (Å²) in [6.07, 6.45) is 0. The minimum Gasteiger partial charge on any atom is -0.368 e. The van der Waals surface area contributed by atoms with Crippen LogP contribution in [0.5, 0.6) is 0 Å². The third kappa shape index (κ3) is 3.22. The van der Waals surface area contributed by atoms with Crippen molar-refractivity contribution < 1.29 is 22.0 Å². The molecule has 2 N–H and O–H groups in total. The molecule has 0 aromatic heterocycles. The third-order valence-corrected chi connectivity index (χ3v) is 4.58. The molecule has 116 valence electrons. The Morgan fingerprint density at radius 2 is 1.73 bits per heavy atom. The minimum atomic E-state index is -4.21. The van der Waals surface area contributed by atoms with Crippen molar-refractivity contribution in [1.82, 2.24) is 0 Å². The molecule has 0 atom stereocenters. The van der Waals surface area contributed by atoms with Crippen LogP contribution >= 0.6 is 0 Å². The van der Waals surface area contributed by atoms with E-state index in [1.807, 2.05) is 0 Å². The lowest BCUT2D eigenvalue weighted by atomic mass is 10.3.